The average Bonchev–Trinajstić information content (AvgIpc) is 3.00. The van der Waals surface area contributed by atoms with Crippen molar-refractivity contribution in [2.24, 2.45) is 17.2 Å². The van der Waals surface area contributed by atoms with Gasteiger partial charge in [0.1, 0.15) is 48.8 Å². The van der Waals surface area contributed by atoms with Crippen LogP contribution >= 0.6 is 0 Å². The first-order chi connectivity index (χ1) is 20.7. The van der Waals surface area contributed by atoms with Crippen LogP contribution in [-0.4, -0.2) is 160 Å². The third-order valence-electron chi connectivity index (χ3n) is 8.15. The standard InChI is InChI=1S/C25H41N3O15S/c26-13-16(32)19(11(6-29)39-22(13)36)41-23-14(27)17(33)20(12(7-30)40-23)42-24-15(28)18(34)21(35)25(9-31,43-24)44(37,38)8-10-4-2-1-3-5-10/h1-5,11-24,29-36H,6-9,26-28H2/t11-,12-,13-,14-,15-,16-,17-,18-,19?,20?,21+,22-,23+,24+,25-/m1/s1. The van der Waals surface area contributed by atoms with Gasteiger partial charge >= 0.3 is 0 Å². The molecule has 18 nitrogen and oxygen atoms in total. The highest BCUT2D eigenvalue weighted by Gasteiger charge is 2.61. The maximum Gasteiger partial charge on any atom is 0.223 e. The molecule has 0 bridgehead atoms. The van der Waals surface area contributed by atoms with E-state index in [0.29, 0.717) is 5.56 Å². The lowest BCUT2D eigenvalue weighted by Crippen LogP contribution is -2.73. The molecule has 3 heterocycles. The first-order valence-corrected chi connectivity index (χ1v) is 15.4. The Labute approximate surface area is 252 Å². The maximum absolute atomic E-state index is 13.5. The summed E-state index contributed by atoms with van der Waals surface area (Å²) in [5.41, 5.74) is 18.2. The summed E-state index contributed by atoms with van der Waals surface area (Å²) in [7, 11) is -4.61. The van der Waals surface area contributed by atoms with Gasteiger partial charge in [0.05, 0.1) is 43.7 Å². The number of rotatable bonds is 10. The van der Waals surface area contributed by atoms with E-state index in [4.69, 9.17) is 40.9 Å². The van der Waals surface area contributed by atoms with Crippen molar-refractivity contribution in [2.45, 2.75) is 96.5 Å². The lowest BCUT2D eigenvalue weighted by atomic mass is 9.94. The van der Waals surface area contributed by atoms with E-state index in [1.54, 1.807) is 18.2 Å². The van der Waals surface area contributed by atoms with Crippen LogP contribution in [0, 0.1) is 0 Å². The molecule has 1 aromatic rings. The van der Waals surface area contributed by atoms with Crippen LogP contribution in [0.3, 0.4) is 0 Å². The monoisotopic (exact) mass is 655 g/mol. The molecular formula is C25H41N3O15S. The molecule has 14 N–H and O–H groups in total. The number of benzene rings is 1. The molecule has 0 saturated carbocycles. The molecule has 44 heavy (non-hydrogen) atoms. The minimum Gasteiger partial charge on any atom is -0.394 e. The first kappa shape index (κ1) is 35.4. The number of nitrogens with two attached hydrogens (primary N) is 3. The van der Waals surface area contributed by atoms with Gasteiger partial charge in [-0.2, -0.15) is 0 Å². The maximum atomic E-state index is 13.5. The highest BCUT2D eigenvalue weighted by molar-refractivity contribution is 7.92. The predicted molar refractivity (Wildman–Crippen MR) is 145 cm³/mol. The molecule has 0 aromatic heterocycles. The van der Waals surface area contributed by atoms with E-state index in [9.17, 15) is 49.3 Å². The molecule has 3 aliphatic heterocycles. The molecule has 3 aliphatic rings. The third kappa shape index (κ3) is 6.52. The molecule has 0 spiro atoms. The molecule has 3 saturated heterocycles. The van der Waals surface area contributed by atoms with Crippen molar-refractivity contribution in [3.8, 4) is 0 Å². The number of sulfone groups is 1. The Bertz CT molecular complexity index is 1180. The smallest absolute Gasteiger partial charge is 0.223 e. The van der Waals surface area contributed by atoms with E-state index >= 15 is 0 Å². The van der Waals surface area contributed by atoms with E-state index in [-0.39, 0.29) is 0 Å². The van der Waals surface area contributed by atoms with E-state index in [1.807, 2.05) is 0 Å². The number of hydrogen-bond acceptors (Lipinski definition) is 18. The van der Waals surface area contributed by atoms with Crippen LogP contribution in [0.5, 0.6) is 0 Å². The fraction of sp³-hybridized carbons (Fsp3) is 0.760. The minimum atomic E-state index is -4.61. The minimum absolute atomic E-state index is 0.291. The van der Waals surface area contributed by atoms with Crippen LogP contribution < -0.4 is 17.2 Å². The Morgan fingerprint density at radius 2 is 1.27 bits per heavy atom. The largest absolute Gasteiger partial charge is 0.394 e. The fourth-order valence-corrected chi connectivity index (χ4v) is 7.28. The van der Waals surface area contributed by atoms with Crippen LogP contribution in [0.4, 0.5) is 0 Å². The van der Waals surface area contributed by atoms with Crippen molar-refractivity contribution in [3.63, 3.8) is 0 Å². The quantitative estimate of drug-likeness (QED) is 0.112. The summed E-state index contributed by atoms with van der Waals surface area (Å²) in [5.74, 6) is -0.704. The van der Waals surface area contributed by atoms with E-state index in [2.05, 4.69) is 0 Å². The van der Waals surface area contributed by atoms with Gasteiger partial charge in [-0.05, 0) is 5.56 Å². The normalized spacial score (nSPS) is 45.2. The molecule has 4 rings (SSSR count). The van der Waals surface area contributed by atoms with Crippen LogP contribution in [-0.2, 0) is 39.3 Å². The lowest BCUT2D eigenvalue weighted by molar-refractivity contribution is -0.351. The van der Waals surface area contributed by atoms with Crippen molar-refractivity contribution in [2.75, 3.05) is 19.8 Å². The average molecular weight is 656 g/mol. The van der Waals surface area contributed by atoms with Gasteiger partial charge in [0.25, 0.3) is 0 Å². The van der Waals surface area contributed by atoms with Crippen molar-refractivity contribution >= 4 is 9.84 Å². The molecule has 1 aromatic carbocycles. The highest BCUT2D eigenvalue weighted by Crippen LogP contribution is 2.38. The van der Waals surface area contributed by atoms with Crippen molar-refractivity contribution in [1.82, 2.24) is 0 Å². The third-order valence-corrected chi connectivity index (χ3v) is 10.4. The van der Waals surface area contributed by atoms with Gasteiger partial charge in [0.15, 0.2) is 28.7 Å². The molecule has 15 atom stereocenters. The highest BCUT2D eigenvalue weighted by atomic mass is 32.2. The molecule has 2 unspecified atom stereocenters. The lowest BCUT2D eigenvalue weighted by Gasteiger charge is -2.50. The molecule has 252 valence electrons. The zero-order chi connectivity index (χ0) is 32.6. The Morgan fingerprint density at radius 3 is 1.84 bits per heavy atom. The predicted octanol–water partition coefficient (Wildman–Crippen LogP) is -6.73. The summed E-state index contributed by atoms with van der Waals surface area (Å²) in [6.07, 6.45) is -18.4. The van der Waals surface area contributed by atoms with Crippen molar-refractivity contribution < 1.29 is 73.0 Å². The summed E-state index contributed by atoms with van der Waals surface area (Å²) in [4.78, 5) is -2.81. The Hall–Kier alpha value is -1.47. The number of ether oxygens (including phenoxy) is 5. The molecule has 0 radical (unpaired) electrons. The zero-order valence-electron chi connectivity index (χ0n) is 23.4. The second-order valence-electron chi connectivity index (χ2n) is 11.0. The Balaban J connectivity index is 1.55. The summed E-state index contributed by atoms with van der Waals surface area (Å²) in [5, 5.41) is 82.9. The van der Waals surface area contributed by atoms with Crippen LogP contribution in [0.2, 0.25) is 0 Å². The van der Waals surface area contributed by atoms with Gasteiger partial charge in [-0.15, -0.1) is 0 Å². The van der Waals surface area contributed by atoms with E-state index in [0.717, 1.165) is 0 Å². The van der Waals surface area contributed by atoms with Crippen molar-refractivity contribution in [1.29, 1.82) is 0 Å². The SMILES string of the molecule is N[C@H]1[C@@H](OC2[C@@H](CO)O[C@@H](OC3[C@@H](CO)O[C@@H](O)[C@H](N)[C@H]3O)[C@H](N)[C@H]2O)O[C@](CO)(S(=O)(=O)Cc2ccccc2)[C@@H](O)[C@@H]1O. The second kappa shape index (κ2) is 14.1. The summed E-state index contributed by atoms with van der Waals surface area (Å²) in [6, 6.07) is 3.34. The Kier molecular flexibility index (Phi) is 11.3. The topological polar surface area (TPSA) is 320 Å². The molecular weight excluding hydrogens is 614 g/mol. The van der Waals surface area contributed by atoms with E-state index < -0.39 is 126 Å². The van der Waals surface area contributed by atoms with Crippen LogP contribution in [0.1, 0.15) is 5.56 Å². The fourth-order valence-electron chi connectivity index (χ4n) is 5.46. The van der Waals surface area contributed by atoms with Crippen LogP contribution in [0.25, 0.3) is 0 Å². The molecule has 0 amide bonds. The van der Waals surface area contributed by atoms with Crippen LogP contribution in [0.15, 0.2) is 30.3 Å². The van der Waals surface area contributed by atoms with Gasteiger partial charge < -0.3 is 81.7 Å². The number of aliphatic hydroxyl groups is 8. The number of aliphatic hydroxyl groups excluding tert-OH is 8. The summed E-state index contributed by atoms with van der Waals surface area (Å²) >= 11 is 0. The zero-order valence-corrected chi connectivity index (χ0v) is 24.2. The van der Waals surface area contributed by atoms with Gasteiger partial charge in [0, 0.05) is 0 Å². The van der Waals surface area contributed by atoms with Gasteiger partial charge in [-0.1, -0.05) is 30.3 Å². The van der Waals surface area contributed by atoms with E-state index in [1.165, 1.54) is 12.1 Å². The van der Waals surface area contributed by atoms with Crippen molar-refractivity contribution in [3.05, 3.63) is 35.9 Å². The molecule has 19 heteroatoms. The molecule has 3 fully saturated rings. The molecule has 0 aliphatic carbocycles. The van der Waals surface area contributed by atoms with Gasteiger partial charge in [0.2, 0.25) is 4.93 Å². The number of hydrogen-bond donors (Lipinski definition) is 11. The van der Waals surface area contributed by atoms with Gasteiger partial charge in [-0.25, -0.2) is 8.42 Å². The Morgan fingerprint density at radius 1 is 0.750 bits per heavy atom. The van der Waals surface area contributed by atoms with Gasteiger partial charge in [-0.3, -0.25) is 0 Å². The first-order valence-electron chi connectivity index (χ1n) is 13.8. The second-order valence-corrected chi connectivity index (χ2v) is 13.2. The summed E-state index contributed by atoms with van der Waals surface area (Å²) < 4.78 is 54.9. The summed E-state index contributed by atoms with van der Waals surface area (Å²) in [6.45, 7) is -2.87.